The van der Waals surface area contributed by atoms with Gasteiger partial charge in [0.1, 0.15) is 6.04 Å². The van der Waals surface area contributed by atoms with Crippen LogP contribution in [0.1, 0.15) is 25.7 Å². The van der Waals surface area contributed by atoms with Gasteiger partial charge in [0.05, 0.1) is 12.8 Å². The number of carboxylic acid groups (broad SMARTS) is 3. The van der Waals surface area contributed by atoms with E-state index in [9.17, 15) is 24.3 Å². The Morgan fingerprint density at radius 3 is 2.10 bits per heavy atom. The third-order valence-electron chi connectivity index (χ3n) is 2.63. The molecule has 2 atom stereocenters. The van der Waals surface area contributed by atoms with Crippen LogP contribution >= 0.6 is 0 Å². The predicted molar refractivity (Wildman–Crippen MR) is 67.3 cm³/mol. The second kappa shape index (κ2) is 8.17. The van der Waals surface area contributed by atoms with Crippen LogP contribution in [0.25, 0.3) is 0 Å². The van der Waals surface area contributed by atoms with Gasteiger partial charge in [-0.2, -0.15) is 0 Å². The first-order chi connectivity index (χ1) is 9.58. The molecule has 0 heterocycles. The standard InChI is InChI=1S/C11H18N2O8/c12-6(9(17)18)2-1-3-13-7(14)4-11(21,10(19)20)5-8(15)16/h6,21H,1-5,12H2,(H,13,14)(H,15,16)(H,17,18)(H,19,20). The summed E-state index contributed by atoms with van der Waals surface area (Å²) in [6, 6.07) is -1.06. The summed E-state index contributed by atoms with van der Waals surface area (Å²) >= 11 is 0. The van der Waals surface area contributed by atoms with Crippen molar-refractivity contribution in [3.05, 3.63) is 0 Å². The molecule has 10 nitrogen and oxygen atoms in total. The van der Waals surface area contributed by atoms with Gasteiger partial charge in [0.25, 0.3) is 0 Å². The van der Waals surface area contributed by atoms with Crippen LogP contribution in [0.3, 0.4) is 0 Å². The fourth-order valence-corrected chi connectivity index (χ4v) is 1.47. The Kier molecular flexibility index (Phi) is 7.31. The number of hydrogen-bond donors (Lipinski definition) is 6. The third-order valence-corrected chi connectivity index (χ3v) is 2.63. The van der Waals surface area contributed by atoms with Gasteiger partial charge >= 0.3 is 17.9 Å². The maximum Gasteiger partial charge on any atom is 0.336 e. The van der Waals surface area contributed by atoms with Crippen LogP contribution in [0.2, 0.25) is 0 Å². The molecule has 0 rings (SSSR count). The summed E-state index contributed by atoms with van der Waals surface area (Å²) in [6.07, 6.45) is -1.68. The Morgan fingerprint density at radius 2 is 1.67 bits per heavy atom. The Labute approximate surface area is 119 Å². The van der Waals surface area contributed by atoms with E-state index >= 15 is 0 Å². The number of nitrogens with two attached hydrogens (primary N) is 1. The lowest BCUT2D eigenvalue weighted by molar-refractivity contribution is -0.167. The molecule has 0 bridgehead atoms. The van der Waals surface area contributed by atoms with Gasteiger partial charge in [0.2, 0.25) is 5.91 Å². The van der Waals surface area contributed by atoms with E-state index in [1.165, 1.54) is 0 Å². The molecule has 0 spiro atoms. The molecule has 1 amide bonds. The van der Waals surface area contributed by atoms with Crippen LogP contribution in [0.4, 0.5) is 0 Å². The highest BCUT2D eigenvalue weighted by Gasteiger charge is 2.40. The third kappa shape index (κ3) is 7.22. The summed E-state index contributed by atoms with van der Waals surface area (Å²) in [5, 5.41) is 37.7. The maximum atomic E-state index is 11.4. The number of rotatable bonds is 10. The molecule has 2 unspecified atom stereocenters. The molecule has 0 saturated carbocycles. The monoisotopic (exact) mass is 306 g/mol. The molecule has 0 saturated heterocycles. The average molecular weight is 306 g/mol. The van der Waals surface area contributed by atoms with E-state index in [0.717, 1.165) is 0 Å². The van der Waals surface area contributed by atoms with Gasteiger partial charge in [-0.15, -0.1) is 0 Å². The summed E-state index contributed by atoms with van der Waals surface area (Å²) in [4.78, 5) is 43.2. The lowest BCUT2D eigenvalue weighted by atomic mass is 9.95. The van der Waals surface area contributed by atoms with E-state index in [1.807, 2.05) is 0 Å². The molecule has 21 heavy (non-hydrogen) atoms. The normalized spacial score (nSPS) is 14.8. The summed E-state index contributed by atoms with van der Waals surface area (Å²) in [7, 11) is 0. The van der Waals surface area contributed by atoms with Gasteiger partial charge < -0.3 is 31.5 Å². The second-order valence-electron chi connectivity index (χ2n) is 4.52. The summed E-state index contributed by atoms with van der Waals surface area (Å²) in [5.74, 6) is -5.40. The molecule has 0 radical (unpaired) electrons. The van der Waals surface area contributed by atoms with Crippen LogP contribution < -0.4 is 11.1 Å². The van der Waals surface area contributed by atoms with Crippen molar-refractivity contribution >= 4 is 23.8 Å². The topological polar surface area (TPSA) is 187 Å². The minimum Gasteiger partial charge on any atom is -0.481 e. The van der Waals surface area contributed by atoms with E-state index in [2.05, 4.69) is 5.32 Å². The fourth-order valence-electron chi connectivity index (χ4n) is 1.47. The minimum absolute atomic E-state index is 0.0303. The largest absolute Gasteiger partial charge is 0.481 e. The van der Waals surface area contributed by atoms with Gasteiger partial charge in [-0.1, -0.05) is 0 Å². The van der Waals surface area contributed by atoms with E-state index in [4.69, 9.17) is 21.1 Å². The summed E-state index contributed by atoms with van der Waals surface area (Å²) < 4.78 is 0. The Balaban J connectivity index is 4.25. The number of nitrogens with one attached hydrogen (secondary N) is 1. The van der Waals surface area contributed by atoms with Crippen molar-refractivity contribution < 1.29 is 39.6 Å². The van der Waals surface area contributed by atoms with Gasteiger partial charge in [0.15, 0.2) is 5.60 Å². The van der Waals surface area contributed by atoms with E-state index < -0.39 is 48.3 Å². The second-order valence-corrected chi connectivity index (χ2v) is 4.52. The van der Waals surface area contributed by atoms with Gasteiger partial charge in [-0.05, 0) is 12.8 Å². The smallest absolute Gasteiger partial charge is 0.336 e. The molecule has 0 aliphatic heterocycles. The number of aliphatic carboxylic acids is 3. The Hall–Kier alpha value is -2.20. The Bertz CT molecular complexity index is 424. The Morgan fingerprint density at radius 1 is 1.10 bits per heavy atom. The molecule has 0 aliphatic carbocycles. The highest BCUT2D eigenvalue weighted by atomic mass is 16.4. The van der Waals surface area contributed by atoms with Gasteiger partial charge in [-0.25, -0.2) is 4.79 Å². The molecule has 0 aromatic carbocycles. The molecular formula is C11H18N2O8. The number of aliphatic hydroxyl groups is 1. The highest BCUT2D eigenvalue weighted by molar-refractivity contribution is 5.90. The predicted octanol–water partition coefficient (Wildman–Crippen LogP) is -2.02. The maximum absolute atomic E-state index is 11.4. The number of amides is 1. The van der Waals surface area contributed by atoms with Crippen molar-refractivity contribution in [1.29, 1.82) is 0 Å². The van der Waals surface area contributed by atoms with Crippen LogP contribution in [-0.4, -0.2) is 62.4 Å². The molecule has 0 aromatic heterocycles. The lowest BCUT2D eigenvalue weighted by Crippen LogP contribution is -2.45. The van der Waals surface area contributed by atoms with Gasteiger partial charge in [-0.3, -0.25) is 14.4 Å². The molecule has 10 heteroatoms. The first-order valence-electron chi connectivity index (χ1n) is 6.01. The highest BCUT2D eigenvalue weighted by Crippen LogP contribution is 2.16. The number of carbonyl (C=O) groups is 4. The number of carbonyl (C=O) groups excluding carboxylic acids is 1. The van der Waals surface area contributed by atoms with Gasteiger partial charge in [0, 0.05) is 6.54 Å². The first kappa shape index (κ1) is 18.8. The summed E-state index contributed by atoms with van der Waals surface area (Å²) in [6.45, 7) is 0.0303. The van der Waals surface area contributed by atoms with Crippen molar-refractivity contribution in [2.75, 3.05) is 6.54 Å². The van der Waals surface area contributed by atoms with E-state index in [1.54, 1.807) is 0 Å². The molecule has 7 N–H and O–H groups in total. The van der Waals surface area contributed by atoms with Crippen LogP contribution in [-0.2, 0) is 19.2 Å². The molecule has 0 aliphatic rings. The van der Waals surface area contributed by atoms with Crippen LogP contribution in [0.15, 0.2) is 0 Å². The first-order valence-corrected chi connectivity index (χ1v) is 6.01. The van der Waals surface area contributed by atoms with Crippen LogP contribution in [0.5, 0.6) is 0 Å². The molecule has 120 valence electrons. The zero-order valence-electron chi connectivity index (χ0n) is 11.1. The quantitative estimate of drug-likeness (QED) is 0.247. The van der Waals surface area contributed by atoms with Crippen molar-refractivity contribution in [3.63, 3.8) is 0 Å². The SMILES string of the molecule is NC(CCCNC(=O)CC(O)(CC(=O)O)C(=O)O)C(=O)O. The zero-order valence-corrected chi connectivity index (χ0v) is 11.1. The molecule has 0 fully saturated rings. The minimum atomic E-state index is -2.69. The fraction of sp³-hybridized carbons (Fsp3) is 0.636. The van der Waals surface area contributed by atoms with Crippen molar-refractivity contribution in [1.82, 2.24) is 5.32 Å². The van der Waals surface area contributed by atoms with Crippen LogP contribution in [0, 0.1) is 0 Å². The average Bonchev–Trinajstić information content (AvgIpc) is 2.32. The van der Waals surface area contributed by atoms with Crippen molar-refractivity contribution in [2.45, 2.75) is 37.3 Å². The van der Waals surface area contributed by atoms with E-state index in [-0.39, 0.29) is 19.4 Å². The molecular weight excluding hydrogens is 288 g/mol. The van der Waals surface area contributed by atoms with E-state index in [0.29, 0.717) is 0 Å². The number of hydrogen-bond acceptors (Lipinski definition) is 6. The summed E-state index contributed by atoms with van der Waals surface area (Å²) in [5.41, 5.74) is 2.55. The zero-order chi connectivity index (χ0) is 16.6. The van der Waals surface area contributed by atoms with Crippen molar-refractivity contribution in [3.8, 4) is 0 Å². The lowest BCUT2D eigenvalue weighted by Gasteiger charge is -2.20. The van der Waals surface area contributed by atoms with Crippen molar-refractivity contribution in [2.24, 2.45) is 5.73 Å². The molecule has 0 aromatic rings. The number of carboxylic acids is 3.